The Morgan fingerprint density at radius 1 is 1.06 bits per heavy atom. The first kappa shape index (κ1) is 10.7. The van der Waals surface area contributed by atoms with Crippen LogP contribution in [-0.4, -0.2) is 17.0 Å². The second-order valence-electron chi connectivity index (χ2n) is 6.62. The summed E-state index contributed by atoms with van der Waals surface area (Å²) in [7, 11) is 0. The number of hydrogen-bond acceptors (Lipinski definition) is 4. The van der Waals surface area contributed by atoms with Crippen LogP contribution in [0.5, 0.6) is 0 Å². The van der Waals surface area contributed by atoms with Crippen molar-refractivity contribution in [3.05, 3.63) is 11.6 Å². The van der Waals surface area contributed by atoms with Crippen molar-refractivity contribution in [3.63, 3.8) is 0 Å². The van der Waals surface area contributed by atoms with Gasteiger partial charge in [-0.25, -0.2) is 0 Å². The molecule has 1 aliphatic heterocycles. The Balaban J connectivity index is 1.61. The fourth-order valence-electron chi connectivity index (χ4n) is 5.22. The Labute approximate surface area is 106 Å². The number of Topliss-reactive ketones (excluding diaryl/α,β-unsaturated/α-hetero) is 1. The molecular weight excluding hydrogens is 230 g/mol. The Bertz CT molecular complexity index is 414. The van der Waals surface area contributed by atoms with Gasteiger partial charge in [0.25, 0.3) is 0 Å². The van der Waals surface area contributed by atoms with Crippen LogP contribution in [0, 0.1) is 29.6 Å². The SMILES string of the molecule is NC1=C(O)C(=O)C(C2C3CC4CC(C3)CC2C4)O1. The molecule has 4 heteroatoms. The van der Waals surface area contributed by atoms with Crippen molar-refractivity contribution in [3.8, 4) is 0 Å². The van der Waals surface area contributed by atoms with Crippen LogP contribution in [0.4, 0.5) is 0 Å². The summed E-state index contributed by atoms with van der Waals surface area (Å²) >= 11 is 0. The van der Waals surface area contributed by atoms with E-state index in [0.29, 0.717) is 11.8 Å². The minimum Gasteiger partial charge on any atom is -0.501 e. The Kier molecular flexibility index (Phi) is 2.04. The zero-order chi connectivity index (χ0) is 12.4. The minimum absolute atomic E-state index is 0.0705. The molecule has 0 amide bonds. The van der Waals surface area contributed by atoms with Gasteiger partial charge in [-0.2, -0.15) is 0 Å². The number of carbonyl (C=O) groups excluding carboxylic acids is 1. The van der Waals surface area contributed by atoms with Crippen LogP contribution >= 0.6 is 0 Å². The molecule has 3 N–H and O–H groups in total. The minimum atomic E-state index is -0.500. The van der Waals surface area contributed by atoms with E-state index in [2.05, 4.69) is 0 Å². The van der Waals surface area contributed by atoms with Gasteiger partial charge in [0.2, 0.25) is 17.4 Å². The zero-order valence-corrected chi connectivity index (χ0v) is 10.3. The zero-order valence-electron chi connectivity index (χ0n) is 10.3. The maximum atomic E-state index is 12.0. The summed E-state index contributed by atoms with van der Waals surface area (Å²) in [6, 6.07) is 0. The summed E-state index contributed by atoms with van der Waals surface area (Å²) in [6.45, 7) is 0. The van der Waals surface area contributed by atoms with E-state index in [0.717, 1.165) is 11.8 Å². The quantitative estimate of drug-likeness (QED) is 0.742. The first-order valence-corrected chi connectivity index (χ1v) is 7.03. The summed E-state index contributed by atoms with van der Waals surface area (Å²) in [5.41, 5.74) is 5.54. The predicted molar refractivity (Wildman–Crippen MR) is 64.3 cm³/mol. The van der Waals surface area contributed by atoms with E-state index in [-0.39, 0.29) is 23.3 Å². The van der Waals surface area contributed by atoms with E-state index in [1.807, 2.05) is 0 Å². The standard InChI is InChI=1S/C14H19NO3/c15-14-12(17)11(16)13(18-14)10-8-2-6-1-7(4-8)5-9(10)3-6/h6-10,13,17H,1-5,15H2. The summed E-state index contributed by atoms with van der Waals surface area (Å²) < 4.78 is 5.47. The monoisotopic (exact) mass is 249 g/mol. The van der Waals surface area contributed by atoms with Crippen molar-refractivity contribution in [1.29, 1.82) is 0 Å². The van der Waals surface area contributed by atoms with E-state index in [4.69, 9.17) is 10.5 Å². The van der Waals surface area contributed by atoms with Gasteiger partial charge in [-0.3, -0.25) is 4.79 Å². The number of nitrogens with two attached hydrogens (primary N) is 1. The van der Waals surface area contributed by atoms with Crippen molar-refractivity contribution in [2.45, 2.75) is 38.2 Å². The lowest BCUT2D eigenvalue weighted by Crippen LogP contribution is -2.51. The Morgan fingerprint density at radius 2 is 1.61 bits per heavy atom. The highest BCUT2D eigenvalue weighted by molar-refractivity contribution is 5.99. The second kappa shape index (κ2) is 3.43. The summed E-state index contributed by atoms with van der Waals surface area (Å²) in [5.74, 6) is 2.53. The molecule has 5 aliphatic rings. The molecule has 1 unspecified atom stereocenters. The first-order chi connectivity index (χ1) is 8.63. The van der Waals surface area contributed by atoms with Gasteiger partial charge in [0, 0.05) is 5.92 Å². The third-order valence-electron chi connectivity index (χ3n) is 5.63. The lowest BCUT2D eigenvalue weighted by atomic mass is 9.50. The van der Waals surface area contributed by atoms with Crippen LogP contribution in [0.1, 0.15) is 32.1 Å². The Hall–Kier alpha value is -1.19. The van der Waals surface area contributed by atoms with Gasteiger partial charge in [0.15, 0.2) is 6.10 Å². The maximum Gasteiger partial charge on any atom is 0.243 e. The van der Waals surface area contributed by atoms with Gasteiger partial charge in [0.05, 0.1) is 0 Å². The maximum absolute atomic E-state index is 12.0. The third-order valence-corrected chi connectivity index (χ3v) is 5.63. The van der Waals surface area contributed by atoms with Crippen LogP contribution in [0.2, 0.25) is 0 Å². The lowest BCUT2D eigenvalue weighted by Gasteiger charge is -2.55. The fraction of sp³-hybridized carbons (Fsp3) is 0.786. The van der Waals surface area contributed by atoms with E-state index >= 15 is 0 Å². The van der Waals surface area contributed by atoms with E-state index in [9.17, 15) is 9.90 Å². The van der Waals surface area contributed by atoms with Gasteiger partial charge in [-0.1, -0.05) is 0 Å². The topological polar surface area (TPSA) is 72.5 Å². The van der Waals surface area contributed by atoms with Crippen LogP contribution in [0.3, 0.4) is 0 Å². The van der Waals surface area contributed by atoms with Crippen LogP contribution < -0.4 is 5.73 Å². The number of hydrogen-bond donors (Lipinski definition) is 2. The van der Waals surface area contributed by atoms with Crippen molar-refractivity contribution in [1.82, 2.24) is 0 Å². The highest BCUT2D eigenvalue weighted by Gasteiger charge is 2.54. The highest BCUT2D eigenvalue weighted by atomic mass is 16.5. The van der Waals surface area contributed by atoms with Crippen LogP contribution in [0.25, 0.3) is 0 Å². The summed E-state index contributed by atoms with van der Waals surface area (Å²) in [4.78, 5) is 12.0. The van der Waals surface area contributed by atoms with E-state index < -0.39 is 6.10 Å². The van der Waals surface area contributed by atoms with Crippen molar-refractivity contribution in [2.75, 3.05) is 0 Å². The molecule has 98 valence electrons. The van der Waals surface area contributed by atoms with Gasteiger partial charge in [-0.05, 0) is 55.8 Å². The summed E-state index contributed by atoms with van der Waals surface area (Å²) in [6.07, 6.45) is 5.86. The van der Waals surface area contributed by atoms with E-state index in [1.54, 1.807) is 0 Å². The van der Waals surface area contributed by atoms with Crippen LogP contribution in [0.15, 0.2) is 11.6 Å². The van der Waals surface area contributed by atoms with E-state index in [1.165, 1.54) is 32.1 Å². The molecule has 0 radical (unpaired) electrons. The molecule has 4 saturated carbocycles. The van der Waals surface area contributed by atoms with Gasteiger partial charge in [0.1, 0.15) is 0 Å². The molecule has 0 aromatic carbocycles. The predicted octanol–water partition coefficient (Wildman–Crippen LogP) is 1.71. The van der Waals surface area contributed by atoms with Crippen molar-refractivity contribution in [2.24, 2.45) is 35.3 Å². The molecule has 1 atom stereocenters. The lowest BCUT2D eigenvalue weighted by molar-refractivity contribution is -0.137. The highest BCUT2D eigenvalue weighted by Crippen LogP contribution is 2.58. The van der Waals surface area contributed by atoms with Gasteiger partial charge in [-0.15, -0.1) is 0 Å². The number of ether oxygens (including phenoxy) is 1. The number of carbonyl (C=O) groups is 1. The molecule has 18 heavy (non-hydrogen) atoms. The third kappa shape index (κ3) is 1.29. The molecule has 0 aromatic heterocycles. The smallest absolute Gasteiger partial charge is 0.243 e. The van der Waals surface area contributed by atoms with Crippen molar-refractivity contribution < 1.29 is 14.6 Å². The molecule has 1 heterocycles. The fourth-order valence-corrected chi connectivity index (χ4v) is 5.22. The molecule has 4 nitrogen and oxygen atoms in total. The largest absolute Gasteiger partial charge is 0.501 e. The van der Waals surface area contributed by atoms with Crippen LogP contribution in [-0.2, 0) is 9.53 Å². The summed E-state index contributed by atoms with van der Waals surface area (Å²) in [5, 5.41) is 9.57. The van der Waals surface area contributed by atoms with Gasteiger partial charge >= 0.3 is 0 Å². The molecule has 5 rings (SSSR count). The average Bonchev–Trinajstić information content (AvgIpc) is 2.56. The van der Waals surface area contributed by atoms with Crippen molar-refractivity contribution >= 4 is 5.78 Å². The Morgan fingerprint density at radius 3 is 2.06 bits per heavy atom. The number of aliphatic hydroxyl groups is 1. The molecule has 0 spiro atoms. The number of ketones is 1. The molecular formula is C14H19NO3. The molecule has 0 aromatic rings. The second-order valence-corrected chi connectivity index (χ2v) is 6.62. The first-order valence-electron chi connectivity index (χ1n) is 7.03. The molecule has 4 bridgehead atoms. The molecule has 0 saturated heterocycles. The van der Waals surface area contributed by atoms with Gasteiger partial charge < -0.3 is 15.6 Å². The number of aliphatic hydroxyl groups excluding tert-OH is 1. The average molecular weight is 249 g/mol. The molecule has 4 fully saturated rings. The normalized spacial score (nSPS) is 49.9. The number of rotatable bonds is 1. The molecule has 4 aliphatic carbocycles.